The number of nitrogens with one attached hydrogen (secondary N) is 1. The third-order valence-corrected chi connectivity index (χ3v) is 4.61. The maximum Gasteiger partial charge on any atom is 0.253 e. The minimum absolute atomic E-state index is 0.0745. The van der Waals surface area contributed by atoms with Crippen molar-refractivity contribution >= 4 is 17.4 Å². The Kier molecular flexibility index (Phi) is 6.36. The van der Waals surface area contributed by atoms with Crippen LogP contribution in [-0.4, -0.2) is 46.7 Å². The summed E-state index contributed by atoms with van der Waals surface area (Å²) in [5.41, 5.74) is 1.13. The van der Waals surface area contributed by atoms with E-state index in [4.69, 9.17) is 9.47 Å². The maximum atomic E-state index is 12.4. The summed E-state index contributed by atoms with van der Waals surface area (Å²) < 4.78 is 12.9. The van der Waals surface area contributed by atoms with E-state index in [-0.39, 0.29) is 17.8 Å². The van der Waals surface area contributed by atoms with Crippen molar-refractivity contribution in [2.45, 2.75) is 38.4 Å². The molecule has 27 heavy (non-hydrogen) atoms. The minimum atomic E-state index is -0.579. The van der Waals surface area contributed by atoms with Crippen molar-refractivity contribution in [2.75, 3.05) is 18.5 Å². The molecule has 1 aromatic carbocycles. The van der Waals surface area contributed by atoms with Gasteiger partial charge in [0.05, 0.1) is 12.7 Å². The molecule has 1 aliphatic rings. The zero-order valence-corrected chi connectivity index (χ0v) is 15.7. The number of carbonyl (C=O) groups excluding carboxylic acids is 2. The van der Waals surface area contributed by atoms with E-state index in [9.17, 15) is 9.59 Å². The van der Waals surface area contributed by atoms with Crippen molar-refractivity contribution in [3.8, 4) is 0 Å². The van der Waals surface area contributed by atoms with Crippen LogP contribution in [0.25, 0.3) is 0 Å². The van der Waals surface area contributed by atoms with E-state index in [2.05, 4.69) is 10.3 Å². The van der Waals surface area contributed by atoms with Crippen molar-refractivity contribution in [2.24, 2.45) is 7.05 Å². The molecule has 1 aliphatic heterocycles. The van der Waals surface area contributed by atoms with Crippen LogP contribution in [0.4, 0.5) is 5.69 Å². The lowest BCUT2D eigenvalue weighted by molar-refractivity contribution is -0.130. The SMILES string of the molecule is CC(OCC1CCCCO1)C(=O)Nc1ccc(C(=O)c2nccn2C)cc1. The van der Waals surface area contributed by atoms with Crippen LogP contribution < -0.4 is 5.32 Å². The first-order valence-corrected chi connectivity index (χ1v) is 9.21. The Balaban J connectivity index is 1.52. The van der Waals surface area contributed by atoms with Crippen LogP contribution >= 0.6 is 0 Å². The second-order valence-electron chi connectivity index (χ2n) is 6.72. The van der Waals surface area contributed by atoms with Crippen LogP contribution in [0.3, 0.4) is 0 Å². The zero-order valence-electron chi connectivity index (χ0n) is 15.7. The molecule has 7 heteroatoms. The molecule has 2 unspecified atom stereocenters. The first kappa shape index (κ1) is 19.3. The van der Waals surface area contributed by atoms with E-state index in [1.807, 2.05) is 0 Å². The Hall–Kier alpha value is -2.51. The second-order valence-corrected chi connectivity index (χ2v) is 6.72. The Morgan fingerprint density at radius 2 is 2.11 bits per heavy atom. The molecule has 1 saturated heterocycles. The Morgan fingerprint density at radius 3 is 2.74 bits per heavy atom. The highest BCUT2D eigenvalue weighted by Gasteiger charge is 2.19. The van der Waals surface area contributed by atoms with Gasteiger partial charge in [0.2, 0.25) is 5.78 Å². The fourth-order valence-electron chi connectivity index (χ4n) is 2.93. The number of aromatic nitrogens is 2. The predicted octanol–water partition coefficient (Wildman–Crippen LogP) is 2.56. The Morgan fingerprint density at radius 1 is 1.33 bits per heavy atom. The molecule has 0 radical (unpaired) electrons. The summed E-state index contributed by atoms with van der Waals surface area (Å²) in [7, 11) is 1.77. The lowest BCUT2D eigenvalue weighted by atomic mass is 10.1. The number of carbonyl (C=O) groups is 2. The van der Waals surface area contributed by atoms with E-state index in [0.29, 0.717) is 23.7 Å². The average Bonchev–Trinajstić information content (AvgIpc) is 3.12. The summed E-state index contributed by atoms with van der Waals surface area (Å²) in [6.07, 6.45) is 6.00. The molecule has 7 nitrogen and oxygen atoms in total. The topological polar surface area (TPSA) is 82.4 Å². The molecule has 144 valence electrons. The number of ketones is 1. The summed E-state index contributed by atoms with van der Waals surface area (Å²) in [6.45, 7) is 2.90. The molecule has 0 spiro atoms. The second kappa shape index (κ2) is 8.92. The number of aryl methyl sites for hydroxylation is 1. The van der Waals surface area contributed by atoms with Crippen LogP contribution in [0.5, 0.6) is 0 Å². The van der Waals surface area contributed by atoms with E-state index in [0.717, 1.165) is 25.9 Å². The van der Waals surface area contributed by atoms with Gasteiger partial charge in [-0.2, -0.15) is 0 Å². The van der Waals surface area contributed by atoms with Gasteiger partial charge < -0.3 is 19.4 Å². The third kappa shape index (κ3) is 5.02. The Labute approximate surface area is 158 Å². The number of anilines is 1. The highest BCUT2D eigenvalue weighted by molar-refractivity contribution is 6.07. The highest BCUT2D eigenvalue weighted by atomic mass is 16.5. The lowest BCUT2D eigenvalue weighted by Gasteiger charge is -2.23. The van der Waals surface area contributed by atoms with Gasteiger partial charge in [-0.25, -0.2) is 4.98 Å². The van der Waals surface area contributed by atoms with Crippen LogP contribution in [0.1, 0.15) is 42.4 Å². The third-order valence-electron chi connectivity index (χ3n) is 4.61. The van der Waals surface area contributed by atoms with Gasteiger partial charge in [0.1, 0.15) is 6.10 Å². The Bertz CT molecular complexity index is 779. The lowest BCUT2D eigenvalue weighted by Crippen LogP contribution is -2.32. The molecular formula is C20H25N3O4. The van der Waals surface area contributed by atoms with Gasteiger partial charge >= 0.3 is 0 Å². The number of ether oxygens (including phenoxy) is 2. The van der Waals surface area contributed by atoms with Crippen molar-refractivity contribution in [3.63, 3.8) is 0 Å². The summed E-state index contributed by atoms with van der Waals surface area (Å²) >= 11 is 0. The van der Waals surface area contributed by atoms with Crippen LogP contribution in [0.2, 0.25) is 0 Å². The molecule has 1 fully saturated rings. The van der Waals surface area contributed by atoms with E-state index >= 15 is 0 Å². The number of imidazole rings is 1. The number of hydrogen-bond acceptors (Lipinski definition) is 5. The fourth-order valence-corrected chi connectivity index (χ4v) is 2.93. The number of nitrogens with zero attached hydrogens (tertiary/aromatic N) is 2. The van der Waals surface area contributed by atoms with Gasteiger partial charge in [0, 0.05) is 37.3 Å². The average molecular weight is 371 g/mol. The van der Waals surface area contributed by atoms with Gasteiger partial charge in [0.25, 0.3) is 5.91 Å². The molecule has 1 amide bonds. The molecule has 0 aliphatic carbocycles. The smallest absolute Gasteiger partial charge is 0.253 e. The summed E-state index contributed by atoms with van der Waals surface area (Å²) in [4.78, 5) is 28.7. The first-order chi connectivity index (χ1) is 13.0. The van der Waals surface area contributed by atoms with Gasteiger partial charge in [-0.1, -0.05) is 0 Å². The van der Waals surface area contributed by atoms with Crippen LogP contribution in [0.15, 0.2) is 36.7 Å². The molecule has 2 aromatic rings. The number of rotatable bonds is 7. The fraction of sp³-hybridized carbons (Fsp3) is 0.450. The number of benzene rings is 1. The van der Waals surface area contributed by atoms with Crippen molar-refractivity contribution in [3.05, 3.63) is 48.0 Å². The highest BCUT2D eigenvalue weighted by Crippen LogP contribution is 2.15. The van der Waals surface area contributed by atoms with Gasteiger partial charge in [0.15, 0.2) is 5.82 Å². The van der Waals surface area contributed by atoms with Crippen LogP contribution in [-0.2, 0) is 21.3 Å². The maximum absolute atomic E-state index is 12.4. The van der Waals surface area contributed by atoms with E-state index in [1.54, 1.807) is 55.2 Å². The predicted molar refractivity (Wildman–Crippen MR) is 101 cm³/mol. The molecule has 1 N–H and O–H groups in total. The molecule has 0 saturated carbocycles. The van der Waals surface area contributed by atoms with Crippen molar-refractivity contribution in [1.29, 1.82) is 0 Å². The molecule has 2 atom stereocenters. The number of hydrogen-bond donors (Lipinski definition) is 1. The zero-order chi connectivity index (χ0) is 19.2. The number of amides is 1. The van der Waals surface area contributed by atoms with Crippen molar-refractivity contribution < 1.29 is 19.1 Å². The first-order valence-electron chi connectivity index (χ1n) is 9.21. The van der Waals surface area contributed by atoms with Crippen molar-refractivity contribution in [1.82, 2.24) is 9.55 Å². The molecular weight excluding hydrogens is 346 g/mol. The largest absolute Gasteiger partial charge is 0.376 e. The molecule has 3 rings (SSSR count). The van der Waals surface area contributed by atoms with E-state index < -0.39 is 6.10 Å². The van der Waals surface area contributed by atoms with Gasteiger partial charge in [-0.15, -0.1) is 0 Å². The standard InChI is InChI=1S/C20H25N3O4/c1-14(27-13-17-5-3-4-12-26-17)20(25)22-16-8-6-15(7-9-16)18(24)19-21-10-11-23(19)2/h6-11,14,17H,3-5,12-13H2,1-2H3,(H,22,25). The molecule has 2 heterocycles. The van der Waals surface area contributed by atoms with Gasteiger partial charge in [-0.3, -0.25) is 9.59 Å². The van der Waals surface area contributed by atoms with Gasteiger partial charge in [-0.05, 0) is 50.5 Å². The van der Waals surface area contributed by atoms with Crippen LogP contribution in [0, 0.1) is 0 Å². The monoisotopic (exact) mass is 371 g/mol. The normalized spacial score (nSPS) is 18.1. The summed E-state index contributed by atoms with van der Waals surface area (Å²) in [5.74, 6) is -0.0164. The molecule has 0 bridgehead atoms. The summed E-state index contributed by atoms with van der Waals surface area (Å²) in [6, 6.07) is 6.75. The van der Waals surface area contributed by atoms with E-state index in [1.165, 1.54) is 0 Å². The minimum Gasteiger partial charge on any atom is -0.376 e. The quantitative estimate of drug-likeness (QED) is 0.757. The molecule has 1 aromatic heterocycles. The summed E-state index contributed by atoms with van der Waals surface area (Å²) in [5, 5.41) is 2.80.